The van der Waals surface area contributed by atoms with E-state index in [4.69, 9.17) is 5.73 Å². The van der Waals surface area contributed by atoms with Gasteiger partial charge in [0.1, 0.15) is 0 Å². The third-order valence-electron chi connectivity index (χ3n) is 2.24. The number of benzene rings is 1. The second-order valence-corrected chi connectivity index (χ2v) is 4.85. The molecule has 2 aromatic rings. The molecule has 0 aliphatic carbocycles. The first-order valence-electron chi connectivity index (χ1n) is 4.75. The molecule has 3 nitrogen and oxygen atoms in total. The Bertz CT molecular complexity index is 557. The van der Waals surface area contributed by atoms with Crippen molar-refractivity contribution in [1.82, 2.24) is 5.43 Å². The van der Waals surface area contributed by atoms with Crippen molar-refractivity contribution in [1.29, 1.82) is 0 Å². The van der Waals surface area contributed by atoms with Gasteiger partial charge < -0.3 is 5.73 Å². The Balaban J connectivity index is 2.34. The van der Waals surface area contributed by atoms with Gasteiger partial charge in [0.2, 0.25) is 0 Å². The van der Waals surface area contributed by atoms with Crippen molar-refractivity contribution < 1.29 is 0 Å². The van der Waals surface area contributed by atoms with Crippen molar-refractivity contribution in [3.8, 4) is 0 Å². The van der Waals surface area contributed by atoms with Gasteiger partial charge in [0.25, 0.3) is 0 Å². The normalized spacial score (nSPS) is 11.1. The van der Waals surface area contributed by atoms with Gasteiger partial charge in [-0.3, -0.25) is 5.43 Å². The van der Waals surface area contributed by atoms with Crippen LogP contribution in [0.1, 0.15) is 10.4 Å². The van der Waals surface area contributed by atoms with Crippen LogP contribution in [0.15, 0.2) is 29.4 Å². The number of nitrogens with zero attached hydrogens (tertiary/aromatic N) is 1. The predicted octanol–water partition coefficient (Wildman–Crippen LogP) is 2.38. The van der Waals surface area contributed by atoms with E-state index in [2.05, 4.69) is 41.8 Å². The molecule has 1 aromatic heterocycles. The minimum atomic E-state index is 0.176. The molecule has 0 unspecified atom stereocenters. The molecule has 5 heteroatoms. The van der Waals surface area contributed by atoms with Crippen LogP contribution in [0.25, 0.3) is 10.1 Å². The Morgan fingerprint density at radius 1 is 1.50 bits per heavy atom. The molecule has 82 valence electrons. The molecule has 2 rings (SSSR count). The third kappa shape index (κ3) is 2.20. The summed E-state index contributed by atoms with van der Waals surface area (Å²) in [4.78, 5) is 1.12. The molecular formula is C11H11N3S2. The van der Waals surface area contributed by atoms with Gasteiger partial charge in [-0.2, -0.15) is 5.10 Å². The van der Waals surface area contributed by atoms with Crippen molar-refractivity contribution in [3.63, 3.8) is 0 Å². The summed E-state index contributed by atoms with van der Waals surface area (Å²) in [6, 6.07) is 8.29. The first-order chi connectivity index (χ1) is 7.68. The summed E-state index contributed by atoms with van der Waals surface area (Å²) < 4.78 is 1.26. The monoisotopic (exact) mass is 249 g/mol. The van der Waals surface area contributed by atoms with E-state index in [1.54, 1.807) is 17.6 Å². The van der Waals surface area contributed by atoms with Crippen LogP contribution in [0.3, 0.4) is 0 Å². The van der Waals surface area contributed by atoms with Crippen molar-refractivity contribution in [2.24, 2.45) is 10.8 Å². The number of thiocarbonyl (C=S) groups is 1. The number of hydrazone groups is 1. The molecule has 0 radical (unpaired) electrons. The Morgan fingerprint density at radius 3 is 2.94 bits per heavy atom. The number of rotatable bonds is 2. The highest BCUT2D eigenvalue weighted by molar-refractivity contribution is 7.80. The second-order valence-electron chi connectivity index (χ2n) is 3.32. The summed E-state index contributed by atoms with van der Waals surface area (Å²) in [7, 11) is 0. The average Bonchev–Trinajstić information content (AvgIpc) is 2.56. The Morgan fingerprint density at radius 2 is 2.25 bits per heavy atom. The first-order valence-corrected chi connectivity index (χ1v) is 5.97. The van der Waals surface area contributed by atoms with Crippen LogP contribution in [-0.4, -0.2) is 11.3 Å². The van der Waals surface area contributed by atoms with Crippen LogP contribution in [0.5, 0.6) is 0 Å². The quantitative estimate of drug-likeness (QED) is 0.488. The molecule has 1 aromatic carbocycles. The zero-order valence-corrected chi connectivity index (χ0v) is 10.4. The number of aryl methyl sites for hydroxylation is 1. The van der Waals surface area contributed by atoms with E-state index >= 15 is 0 Å². The number of nitrogens with one attached hydrogen (secondary N) is 1. The summed E-state index contributed by atoms with van der Waals surface area (Å²) in [5.41, 5.74) is 9.06. The van der Waals surface area contributed by atoms with Crippen LogP contribution in [0.2, 0.25) is 0 Å². The first kappa shape index (κ1) is 11.0. The fourth-order valence-electron chi connectivity index (χ4n) is 1.47. The molecule has 0 saturated heterocycles. The Labute approximate surface area is 103 Å². The second kappa shape index (κ2) is 4.59. The standard InChI is InChI=1S/C11H11N3S2/c1-7-8-4-2-3-5-9(8)16-10(7)6-13-14-11(12)15/h2-6H,1H3,(H3,12,14,15). The largest absolute Gasteiger partial charge is 0.375 e. The molecule has 3 N–H and O–H groups in total. The molecule has 1 heterocycles. The van der Waals surface area contributed by atoms with Crippen LogP contribution >= 0.6 is 23.6 Å². The molecule has 0 atom stereocenters. The lowest BCUT2D eigenvalue weighted by atomic mass is 10.1. The van der Waals surface area contributed by atoms with Crippen LogP contribution in [0, 0.1) is 6.92 Å². The third-order valence-corrected chi connectivity index (χ3v) is 3.54. The van der Waals surface area contributed by atoms with Gasteiger partial charge in [0.15, 0.2) is 5.11 Å². The van der Waals surface area contributed by atoms with E-state index in [9.17, 15) is 0 Å². The summed E-state index contributed by atoms with van der Waals surface area (Å²) in [6.07, 6.45) is 1.75. The molecule has 0 amide bonds. The van der Waals surface area contributed by atoms with E-state index in [1.807, 2.05) is 12.1 Å². The highest BCUT2D eigenvalue weighted by Crippen LogP contribution is 2.29. The summed E-state index contributed by atoms with van der Waals surface area (Å²) in [5, 5.41) is 5.41. The van der Waals surface area contributed by atoms with E-state index in [1.165, 1.54) is 15.6 Å². The fourth-order valence-corrected chi connectivity index (χ4v) is 2.61. The molecule has 0 fully saturated rings. The fraction of sp³-hybridized carbons (Fsp3) is 0.0909. The number of hydrogen-bond acceptors (Lipinski definition) is 3. The highest BCUT2D eigenvalue weighted by atomic mass is 32.1. The number of thiophene rings is 1. The summed E-state index contributed by atoms with van der Waals surface area (Å²) >= 11 is 6.37. The lowest BCUT2D eigenvalue weighted by molar-refractivity contribution is 1.04. The maximum absolute atomic E-state index is 5.28. The molecular weight excluding hydrogens is 238 g/mol. The van der Waals surface area contributed by atoms with E-state index in [-0.39, 0.29) is 5.11 Å². The highest BCUT2D eigenvalue weighted by Gasteiger charge is 2.05. The van der Waals surface area contributed by atoms with Gasteiger partial charge in [-0.25, -0.2) is 0 Å². The molecule has 16 heavy (non-hydrogen) atoms. The smallest absolute Gasteiger partial charge is 0.184 e. The Kier molecular flexibility index (Phi) is 3.17. The van der Waals surface area contributed by atoms with E-state index < -0.39 is 0 Å². The molecule has 0 aliphatic rings. The van der Waals surface area contributed by atoms with Crippen molar-refractivity contribution in [2.75, 3.05) is 0 Å². The lowest BCUT2D eigenvalue weighted by Gasteiger charge is -1.93. The molecule has 0 aliphatic heterocycles. The van der Waals surface area contributed by atoms with Gasteiger partial charge in [-0.15, -0.1) is 11.3 Å². The van der Waals surface area contributed by atoms with Gasteiger partial charge in [0.05, 0.1) is 11.1 Å². The minimum Gasteiger partial charge on any atom is -0.375 e. The van der Waals surface area contributed by atoms with E-state index in [0.717, 1.165) is 4.88 Å². The lowest BCUT2D eigenvalue weighted by Crippen LogP contribution is -2.23. The summed E-state index contributed by atoms with van der Waals surface area (Å²) in [5.74, 6) is 0. The zero-order valence-electron chi connectivity index (χ0n) is 8.73. The average molecular weight is 249 g/mol. The maximum atomic E-state index is 5.28. The van der Waals surface area contributed by atoms with Gasteiger partial charge in [-0.05, 0) is 36.2 Å². The molecule has 0 spiro atoms. The Hall–Kier alpha value is -1.46. The number of fused-ring (bicyclic) bond motifs is 1. The maximum Gasteiger partial charge on any atom is 0.184 e. The van der Waals surface area contributed by atoms with Crippen LogP contribution in [0.4, 0.5) is 0 Å². The predicted molar refractivity (Wildman–Crippen MR) is 74.1 cm³/mol. The number of nitrogens with two attached hydrogens (primary N) is 1. The summed E-state index contributed by atoms with van der Waals surface area (Å²) in [6.45, 7) is 2.08. The number of hydrogen-bond donors (Lipinski definition) is 2. The van der Waals surface area contributed by atoms with Crippen molar-refractivity contribution in [2.45, 2.75) is 6.92 Å². The van der Waals surface area contributed by atoms with Gasteiger partial charge in [-0.1, -0.05) is 18.2 Å². The molecule has 0 saturated carbocycles. The topological polar surface area (TPSA) is 50.4 Å². The van der Waals surface area contributed by atoms with Crippen molar-refractivity contribution >= 4 is 45.0 Å². The van der Waals surface area contributed by atoms with Crippen molar-refractivity contribution in [3.05, 3.63) is 34.7 Å². The molecule has 0 bridgehead atoms. The van der Waals surface area contributed by atoms with Gasteiger partial charge in [0, 0.05) is 4.70 Å². The van der Waals surface area contributed by atoms with E-state index in [0.29, 0.717) is 0 Å². The van der Waals surface area contributed by atoms with Crippen LogP contribution in [-0.2, 0) is 0 Å². The SMILES string of the molecule is Cc1c(C=NNC(N)=S)sc2ccccc12. The van der Waals surface area contributed by atoms with Crippen LogP contribution < -0.4 is 11.2 Å². The zero-order chi connectivity index (χ0) is 11.5. The minimum absolute atomic E-state index is 0.176. The van der Waals surface area contributed by atoms with Gasteiger partial charge >= 0.3 is 0 Å².